The topological polar surface area (TPSA) is 104 Å². The first-order valence-corrected chi connectivity index (χ1v) is 5.87. The molecule has 5 N–H and O–H groups in total. The summed E-state index contributed by atoms with van der Waals surface area (Å²) in [6.07, 6.45) is 0. The number of hydrogen-bond acceptors (Lipinski definition) is 4. The van der Waals surface area contributed by atoms with Crippen LogP contribution in [0, 0.1) is 0 Å². The Morgan fingerprint density at radius 2 is 1.95 bits per heavy atom. The van der Waals surface area contributed by atoms with Crippen LogP contribution in [0.5, 0.6) is 0 Å². The van der Waals surface area contributed by atoms with E-state index in [1.807, 2.05) is 20.8 Å². The third-order valence-corrected chi connectivity index (χ3v) is 2.25. The van der Waals surface area contributed by atoms with E-state index in [0.29, 0.717) is 11.4 Å². The summed E-state index contributed by atoms with van der Waals surface area (Å²) in [6, 6.07) is 4.33. The second-order valence-electron chi connectivity index (χ2n) is 5.26. The molecule has 0 bridgehead atoms. The fraction of sp³-hybridized carbons (Fsp3) is 0.385. The number of nitrogens with two attached hydrogens (primary N) is 1. The quantitative estimate of drug-likeness (QED) is 0.614. The molecule has 0 fully saturated rings. The van der Waals surface area contributed by atoms with E-state index in [1.54, 1.807) is 6.07 Å². The molecule has 0 aliphatic carbocycles. The van der Waals surface area contributed by atoms with Crippen LogP contribution < -0.4 is 16.4 Å². The van der Waals surface area contributed by atoms with E-state index in [0.717, 1.165) is 0 Å². The average molecular weight is 265 g/mol. The summed E-state index contributed by atoms with van der Waals surface area (Å²) in [4.78, 5) is 22.4. The summed E-state index contributed by atoms with van der Waals surface area (Å²) in [5, 5.41) is 14.5. The molecule has 0 aliphatic rings. The van der Waals surface area contributed by atoms with Crippen molar-refractivity contribution in [3.05, 3.63) is 23.8 Å². The highest BCUT2D eigenvalue weighted by atomic mass is 16.4. The number of carbonyl (C=O) groups excluding carboxylic acids is 1. The number of benzene rings is 1. The smallest absolute Gasteiger partial charge is 0.335 e. The van der Waals surface area contributed by atoms with Gasteiger partial charge in [-0.15, -0.1) is 0 Å². The van der Waals surface area contributed by atoms with Crippen LogP contribution >= 0.6 is 0 Å². The number of nitrogen functional groups attached to an aromatic ring is 1. The standard InChI is InChI=1S/C13H19N3O3/c1-13(2,3)16-11(17)7-15-10-5-4-8(12(18)19)6-9(10)14/h4-6,15H,7,14H2,1-3H3,(H,16,17)(H,18,19). The number of anilines is 2. The van der Waals surface area contributed by atoms with Crippen LogP contribution in [0.15, 0.2) is 18.2 Å². The van der Waals surface area contributed by atoms with Crippen LogP contribution in [0.1, 0.15) is 31.1 Å². The molecule has 0 saturated carbocycles. The SMILES string of the molecule is CC(C)(C)NC(=O)CNc1ccc(C(=O)O)cc1N. The fourth-order valence-electron chi connectivity index (χ4n) is 1.49. The summed E-state index contributed by atoms with van der Waals surface area (Å²) in [5.74, 6) is -1.20. The molecule has 0 spiro atoms. The van der Waals surface area contributed by atoms with Crippen molar-refractivity contribution in [2.75, 3.05) is 17.6 Å². The maximum Gasteiger partial charge on any atom is 0.335 e. The van der Waals surface area contributed by atoms with Gasteiger partial charge in [0, 0.05) is 5.54 Å². The Balaban J connectivity index is 2.64. The zero-order valence-corrected chi connectivity index (χ0v) is 11.3. The number of carbonyl (C=O) groups is 2. The highest BCUT2D eigenvalue weighted by molar-refractivity contribution is 5.91. The van der Waals surface area contributed by atoms with Gasteiger partial charge in [-0.25, -0.2) is 4.79 Å². The molecule has 0 radical (unpaired) electrons. The first-order valence-electron chi connectivity index (χ1n) is 5.87. The minimum Gasteiger partial charge on any atom is -0.478 e. The van der Waals surface area contributed by atoms with Gasteiger partial charge in [0.15, 0.2) is 0 Å². The number of amides is 1. The average Bonchev–Trinajstić information content (AvgIpc) is 2.24. The van der Waals surface area contributed by atoms with Crippen LogP contribution in [0.3, 0.4) is 0 Å². The third-order valence-electron chi connectivity index (χ3n) is 2.25. The summed E-state index contributed by atoms with van der Waals surface area (Å²) in [5.41, 5.74) is 6.37. The molecule has 1 aromatic rings. The lowest BCUT2D eigenvalue weighted by molar-refractivity contribution is -0.120. The van der Waals surface area contributed by atoms with Crippen molar-refractivity contribution in [2.24, 2.45) is 0 Å². The van der Waals surface area contributed by atoms with Gasteiger partial charge in [0.25, 0.3) is 0 Å². The molecule has 1 amide bonds. The Morgan fingerprint density at radius 3 is 2.42 bits per heavy atom. The molecule has 104 valence electrons. The molecule has 6 nitrogen and oxygen atoms in total. The van der Waals surface area contributed by atoms with E-state index >= 15 is 0 Å². The molecular weight excluding hydrogens is 246 g/mol. The molecule has 0 atom stereocenters. The normalized spacial score (nSPS) is 10.9. The Bertz CT molecular complexity index is 492. The van der Waals surface area contributed by atoms with Gasteiger partial charge >= 0.3 is 5.97 Å². The Morgan fingerprint density at radius 1 is 1.32 bits per heavy atom. The lowest BCUT2D eigenvalue weighted by Crippen LogP contribution is -2.43. The minimum absolute atomic E-state index is 0.0773. The molecule has 0 saturated heterocycles. The number of rotatable bonds is 4. The zero-order valence-electron chi connectivity index (χ0n) is 11.3. The number of carboxylic acid groups (broad SMARTS) is 1. The van der Waals surface area contributed by atoms with Crippen molar-refractivity contribution in [3.63, 3.8) is 0 Å². The van der Waals surface area contributed by atoms with Gasteiger partial charge in [-0.3, -0.25) is 4.79 Å². The van der Waals surface area contributed by atoms with Crippen LogP contribution in [0.25, 0.3) is 0 Å². The first kappa shape index (κ1) is 14.8. The molecule has 1 rings (SSSR count). The monoisotopic (exact) mass is 265 g/mol. The largest absolute Gasteiger partial charge is 0.478 e. The van der Waals surface area contributed by atoms with Crippen molar-refractivity contribution in [3.8, 4) is 0 Å². The zero-order chi connectivity index (χ0) is 14.6. The predicted molar refractivity (Wildman–Crippen MR) is 74.2 cm³/mol. The maximum absolute atomic E-state index is 11.6. The van der Waals surface area contributed by atoms with E-state index in [2.05, 4.69) is 10.6 Å². The number of nitrogens with one attached hydrogen (secondary N) is 2. The third kappa shape index (κ3) is 4.87. The Labute approximate surface area is 112 Å². The van der Waals surface area contributed by atoms with E-state index < -0.39 is 5.97 Å². The van der Waals surface area contributed by atoms with Crippen LogP contribution in [0.2, 0.25) is 0 Å². The molecule has 0 unspecified atom stereocenters. The van der Waals surface area contributed by atoms with Crippen molar-refractivity contribution in [1.29, 1.82) is 0 Å². The molecule has 0 aliphatic heterocycles. The van der Waals surface area contributed by atoms with Gasteiger partial charge in [0.05, 0.1) is 23.5 Å². The fourth-order valence-corrected chi connectivity index (χ4v) is 1.49. The minimum atomic E-state index is -1.04. The van der Waals surface area contributed by atoms with Crippen molar-refractivity contribution < 1.29 is 14.7 Å². The van der Waals surface area contributed by atoms with E-state index in [4.69, 9.17) is 10.8 Å². The Kier molecular flexibility index (Phi) is 4.37. The van der Waals surface area contributed by atoms with Gasteiger partial charge in [0.2, 0.25) is 5.91 Å². The number of carboxylic acids is 1. The second kappa shape index (κ2) is 5.60. The molecule has 0 heterocycles. The molecule has 1 aromatic carbocycles. The highest BCUT2D eigenvalue weighted by Crippen LogP contribution is 2.19. The predicted octanol–water partition coefficient (Wildman–Crippen LogP) is 1.29. The van der Waals surface area contributed by atoms with Gasteiger partial charge in [-0.1, -0.05) is 0 Å². The maximum atomic E-state index is 11.6. The van der Waals surface area contributed by atoms with Crippen LogP contribution in [0.4, 0.5) is 11.4 Å². The summed E-state index contributed by atoms with van der Waals surface area (Å²) in [6.45, 7) is 5.75. The summed E-state index contributed by atoms with van der Waals surface area (Å²) < 4.78 is 0. The van der Waals surface area contributed by atoms with Crippen LogP contribution in [-0.2, 0) is 4.79 Å². The van der Waals surface area contributed by atoms with Gasteiger partial charge in [-0.05, 0) is 39.0 Å². The van der Waals surface area contributed by atoms with E-state index in [-0.39, 0.29) is 23.6 Å². The van der Waals surface area contributed by atoms with Crippen molar-refractivity contribution in [1.82, 2.24) is 5.32 Å². The summed E-state index contributed by atoms with van der Waals surface area (Å²) in [7, 11) is 0. The number of hydrogen-bond donors (Lipinski definition) is 4. The lowest BCUT2D eigenvalue weighted by Gasteiger charge is -2.21. The van der Waals surface area contributed by atoms with Gasteiger partial charge in [-0.2, -0.15) is 0 Å². The molecule has 19 heavy (non-hydrogen) atoms. The highest BCUT2D eigenvalue weighted by Gasteiger charge is 2.13. The molecular formula is C13H19N3O3. The molecule has 0 aromatic heterocycles. The van der Waals surface area contributed by atoms with E-state index in [1.165, 1.54) is 12.1 Å². The van der Waals surface area contributed by atoms with Crippen molar-refractivity contribution >= 4 is 23.3 Å². The first-order chi connectivity index (χ1) is 8.69. The van der Waals surface area contributed by atoms with E-state index in [9.17, 15) is 9.59 Å². The van der Waals surface area contributed by atoms with Crippen LogP contribution in [-0.4, -0.2) is 29.1 Å². The Hall–Kier alpha value is -2.24. The van der Waals surface area contributed by atoms with Crippen molar-refractivity contribution in [2.45, 2.75) is 26.3 Å². The lowest BCUT2D eigenvalue weighted by atomic mass is 10.1. The second-order valence-corrected chi connectivity index (χ2v) is 5.26. The van der Waals surface area contributed by atoms with Gasteiger partial charge in [0.1, 0.15) is 0 Å². The number of aromatic carboxylic acids is 1. The molecule has 6 heteroatoms. The van der Waals surface area contributed by atoms with Gasteiger partial charge < -0.3 is 21.5 Å². The summed E-state index contributed by atoms with van der Waals surface area (Å²) >= 11 is 0.